The van der Waals surface area contributed by atoms with Gasteiger partial charge in [0.15, 0.2) is 0 Å². The van der Waals surface area contributed by atoms with Crippen LogP contribution in [-0.4, -0.2) is 13.1 Å². The number of ether oxygens (including phenoxy) is 2. The minimum absolute atomic E-state index is 0.00796. The highest BCUT2D eigenvalue weighted by atomic mass is 16.5. The summed E-state index contributed by atoms with van der Waals surface area (Å²) in [4.78, 5) is 11.2. The van der Waals surface area contributed by atoms with E-state index in [1.165, 1.54) is 30.9 Å². The average molecular weight is 362 g/mol. The molecule has 0 spiro atoms. The molecule has 4 saturated carbocycles. The van der Waals surface area contributed by atoms with Crippen molar-refractivity contribution in [1.29, 1.82) is 0 Å². The zero-order valence-corrected chi connectivity index (χ0v) is 16.4. The second-order valence-electron chi connectivity index (χ2n) is 9.25. The van der Waals surface area contributed by atoms with Gasteiger partial charge in [-0.15, -0.1) is 0 Å². The van der Waals surface area contributed by atoms with E-state index >= 15 is 0 Å². The standard InChI is InChI=1S/C24H26O3/c1-15(25)27-19-11-7-17(8-12-19)24(16-5-9-18(26-4)10-6-16)13-22(2)20-21(22)23(20,3)14-24/h5-12,20-21H,13-14H2,1-4H3. The first-order valence-electron chi connectivity index (χ1n) is 9.77. The van der Waals surface area contributed by atoms with Crippen LogP contribution in [0.2, 0.25) is 0 Å². The summed E-state index contributed by atoms with van der Waals surface area (Å²) in [5.74, 6) is 3.05. The Labute approximate surface area is 160 Å². The first kappa shape index (κ1) is 16.9. The second-order valence-corrected chi connectivity index (χ2v) is 9.25. The van der Waals surface area contributed by atoms with Gasteiger partial charge in [-0.3, -0.25) is 4.79 Å². The number of hydrogen-bond acceptors (Lipinski definition) is 3. The molecule has 2 aromatic carbocycles. The van der Waals surface area contributed by atoms with E-state index in [9.17, 15) is 4.79 Å². The molecule has 0 aromatic heterocycles. The summed E-state index contributed by atoms with van der Waals surface area (Å²) in [6.07, 6.45) is 2.37. The van der Waals surface area contributed by atoms with Crippen LogP contribution in [-0.2, 0) is 10.2 Å². The first-order chi connectivity index (χ1) is 12.8. The smallest absolute Gasteiger partial charge is 0.308 e. The van der Waals surface area contributed by atoms with Gasteiger partial charge in [0.25, 0.3) is 0 Å². The number of carbonyl (C=O) groups is 1. The Kier molecular flexibility index (Phi) is 3.22. The van der Waals surface area contributed by atoms with E-state index in [4.69, 9.17) is 9.47 Å². The van der Waals surface area contributed by atoms with E-state index in [1.807, 2.05) is 12.1 Å². The third-order valence-electron chi connectivity index (χ3n) is 7.63. The summed E-state index contributed by atoms with van der Waals surface area (Å²) >= 11 is 0. The molecule has 0 atom stereocenters. The van der Waals surface area contributed by atoms with Crippen LogP contribution in [0, 0.1) is 22.7 Å². The molecule has 0 radical (unpaired) electrons. The Hall–Kier alpha value is -2.29. The molecule has 0 unspecified atom stereocenters. The van der Waals surface area contributed by atoms with Gasteiger partial charge in [-0.1, -0.05) is 38.1 Å². The number of carbonyl (C=O) groups excluding carboxylic acids is 1. The van der Waals surface area contributed by atoms with Crippen molar-refractivity contribution in [3.63, 3.8) is 0 Å². The molecule has 3 heteroatoms. The molecule has 4 fully saturated rings. The molecule has 6 rings (SSSR count). The zero-order valence-electron chi connectivity index (χ0n) is 16.4. The summed E-state index contributed by atoms with van der Waals surface area (Å²) in [6, 6.07) is 16.8. The van der Waals surface area contributed by atoms with Crippen molar-refractivity contribution in [2.45, 2.75) is 39.0 Å². The van der Waals surface area contributed by atoms with Crippen molar-refractivity contribution in [1.82, 2.24) is 0 Å². The molecule has 0 amide bonds. The van der Waals surface area contributed by atoms with Gasteiger partial charge >= 0.3 is 5.97 Å². The molecule has 3 nitrogen and oxygen atoms in total. The van der Waals surface area contributed by atoms with Gasteiger partial charge in [-0.25, -0.2) is 0 Å². The Morgan fingerprint density at radius 1 is 0.852 bits per heavy atom. The third kappa shape index (κ3) is 2.17. The summed E-state index contributed by atoms with van der Waals surface area (Å²) in [5.41, 5.74) is 3.64. The zero-order chi connectivity index (χ0) is 19.0. The molecular formula is C24H26O3. The van der Waals surface area contributed by atoms with Crippen LogP contribution in [0.3, 0.4) is 0 Å². The molecule has 4 aliphatic rings. The number of fused-ring (bicyclic) bond motifs is 2. The van der Waals surface area contributed by atoms with Crippen molar-refractivity contribution >= 4 is 5.97 Å². The number of benzene rings is 2. The van der Waals surface area contributed by atoms with Crippen molar-refractivity contribution in [3.8, 4) is 11.5 Å². The van der Waals surface area contributed by atoms with Crippen molar-refractivity contribution < 1.29 is 14.3 Å². The number of esters is 1. The maximum absolute atomic E-state index is 11.2. The van der Waals surface area contributed by atoms with Crippen molar-refractivity contribution in [2.75, 3.05) is 7.11 Å². The van der Waals surface area contributed by atoms with Crippen LogP contribution in [0.1, 0.15) is 44.7 Å². The summed E-state index contributed by atoms with van der Waals surface area (Å²) in [5, 5.41) is 0. The topological polar surface area (TPSA) is 35.5 Å². The highest BCUT2D eigenvalue weighted by Gasteiger charge is 2.91. The van der Waals surface area contributed by atoms with E-state index < -0.39 is 0 Å². The lowest BCUT2D eigenvalue weighted by molar-refractivity contribution is -0.131. The lowest BCUT2D eigenvalue weighted by Gasteiger charge is -2.51. The summed E-state index contributed by atoms with van der Waals surface area (Å²) < 4.78 is 10.6. The predicted molar refractivity (Wildman–Crippen MR) is 104 cm³/mol. The number of rotatable bonds is 4. The lowest BCUT2D eigenvalue weighted by atomic mass is 9.53. The molecule has 0 saturated heterocycles. The van der Waals surface area contributed by atoms with E-state index in [2.05, 4.69) is 50.2 Å². The SMILES string of the molecule is COc1ccc(C2(c3ccc(OC(C)=O)cc3)CC3(C)C4C3C4(C)C2)cc1. The molecule has 0 aliphatic heterocycles. The Bertz CT molecular complexity index is 880. The first-order valence-corrected chi connectivity index (χ1v) is 9.77. The van der Waals surface area contributed by atoms with Gasteiger partial charge < -0.3 is 9.47 Å². The second kappa shape index (κ2) is 5.15. The van der Waals surface area contributed by atoms with Crippen LogP contribution in [0.5, 0.6) is 11.5 Å². The largest absolute Gasteiger partial charge is 0.497 e. The fourth-order valence-corrected chi connectivity index (χ4v) is 6.84. The molecular weight excluding hydrogens is 336 g/mol. The molecule has 0 heterocycles. The van der Waals surface area contributed by atoms with Crippen molar-refractivity contribution in [2.24, 2.45) is 22.7 Å². The third-order valence-corrected chi connectivity index (χ3v) is 7.63. The van der Waals surface area contributed by atoms with Crippen LogP contribution in [0.15, 0.2) is 48.5 Å². The fourth-order valence-electron chi connectivity index (χ4n) is 6.84. The summed E-state index contributed by atoms with van der Waals surface area (Å²) in [7, 11) is 1.71. The van der Waals surface area contributed by atoms with Crippen LogP contribution >= 0.6 is 0 Å². The van der Waals surface area contributed by atoms with Crippen LogP contribution < -0.4 is 9.47 Å². The minimum atomic E-state index is -0.282. The Morgan fingerprint density at radius 3 is 1.70 bits per heavy atom. The van der Waals surface area contributed by atoms with Gasteiger partial charge in [-0.05, 0) is 70.9 Å². The predicted octanol–water partition coefficient (Wildman–Crippen LogP) is 4.97. The van der Waals surface area contributed by atoms with Gasteiger partial charge in [0.2, 0.25) is 0 Å². The Balaban J connectivity index is 1.57. The van der Waals surface area contributed by atoms with Crippen LogP contribution in [0.4, 0.5) is 0 Å². The maximum Gasteiger partial charge on any atom is 0.308 e. The van der Waals surface area contributed by atoms with Crippen molar-refractivity contribution in [3.05, 3.63) is 59.7 Å². The minimum Gasteiger partial charge on any atom is -0.497 e. The monoisotopic (exact) mass is 362 g/mol. The number of methoxy groups -OCH3 is 1. The highest BCUT2D eigenvalue weighted by Crippen LogP contribution is 2.95. The molecule has 0 N–H and O–H groups in total. The van der Waals surface area contributed by atoms with Gasteiger partial charge in [0, 0.05) is 12.3 Å². The van der Waals surface area contributed by atoms with E-state index in [-0.39, 0.29) is 11.4 Å². The summed E-state index contributed by atoms with van der Waals surface area (Å²) in [6.45, 7) is 6.37. The van der Waals surface area contributed by atoms with Crippen LogP contribution in [0.25, 0.3) is 0 Å². The average Bonchev–Trinajstić information content (AvgIpc) is 3.50. The maximum atomic E-state index is 11.2. The van der Waals surface area contributed by atoms with E-state index in [1.54, 1.807) is 7.11 Å². The lowest BCUT2D eigenvalue weighted by Crippen LogP contribution is -2.45. The molecule has 4 aliphatic carbocycles. The fraction of sp³-hybridized carbons (Fsp3) is 0.458. The van der Waals surface area contributed by atoms with Gasteiger partial charge in [0.05, 0.1) is 7.11 Å². The van der Waals surface area contributed by atoms with Gasteiger partial charge in [-0.2, -0.15) is 0 Å². The van der Waals surface area contributed by atoms with Gasteiger partial charge in [0.1, 0.15) is 11.5 Å². The number of hydrogen-bond donors (Lipinski definition) is 0. The van der Waals surface area contributed by atoms with E-state index in [0.717, 1.165) is 17.6 Å². The Morgan fingerprint density at radius 2 is 1.30 bits per heavy atom. The van der Waals surface area contributed by atoms with E-state index in [0.29, 0.717) is 16.6 Å². The quantitative estimate of drug-likeness (QED) is 0.569. The molecule has 140 valence electrons. The molecule has 2 aromatic rings. The molecule has 27 heavy (non-hydrogen) atoms. The highest BCUT2D eigenvalue weighted by molar-refractivity contribution is 5.69. The molecule has 2 bridgehead atoms. The normalized spacial score (nSPS) is 37.9.